The number of allylic oxidation sites excluding steroid dienone is 4. The van der Waals surface area contributed by atoms with Gasteiger partial charge >= 0.3 is 0 Å². The highest BCUT2D eigenvalue weighted by molar-refractivity contribution is 9.11. The summed E-state index contributed by atoms with van der Waals surface area (Å²) < 4.78 is 0.758. The highest BCUT2D eigenvalue weighted by Crippen LogP contribution is 2.17. The van der Waals surface area contributed by atoms with Gasteiger partial charge in [-0.1, -0.05) is 15.9 Å². The summed E-state index contributed by atoms with van der Waals surface area (Å²) in [6.07, 6.45) is 4.99. The molecular weight excluding hydrogens is 196 g/mol. The molecule has 0 aliphatic heterocycles. The van der Waals surface area contributed by atoms with E-state index in [0.29, 0.717) is 0 Å². The Hall–Kier alpha value is -0.700. The molecular formula is C7H7BrO2. The average molecular weight is 203 g/mol. The Bertz CT molecular complexity index is 226. The van der Waals surface area contributed by atoms with Crippen molar-refractivity contribution in [2.75, 3.05) is 0 Å². The third kappa shape index (κ3) is 1.92. The molecule has 0 amide bonds. The van der Waals surface area contributed by atoms with Gasteiger partial charge in [-0.25, -0.2) is 0 Å². The van der Waals surface area contributed by atoms with Crippen molar-refractivity contribution in [3.05, 3.63) is 34.2 Å². The van der Waals surface area contributed by atoms with Crippen molar-refractivity contribution in [3.8, 4) is 0 Å². The van der Waals surface area contributed by atoms with Gasteiger partial charge in [-0.3, -0.25) is 0 Å². The fourth-order valence-corrected chi connectivity index (χ4v) is 1.08. The van der Waals surface area contributed by atoms with Crippen LogP contribution in [0.2, 0.25) is 0 Å². The fraction of sp³-hybridized carbons (Fsp3) is 0.143. The van der Waals surface area contributed by atoms with Crippen LogP contribution in [0, 0.1) is 0 Å². The fourth-order valence-electron chi connectivity index (χ4n) is 0.679. The minimum atomic E-state index is 0.161. The zero-order valence-electron chi connectivity index (χ0n) is 5.21. The SMILES string of the molecule is OC1=CC=C(Br)C=C(O)C1. The van der Waals surface area contributed by atoms with Gasteiger partial charge in [0.25, 0.3) is 0 Å². The van der Waals surface area contributed by atoms with Crippen LogP contribution in [0.5, 0.6) is 0 Å². The normalized spacial score (nSPS) is 18.7. The Morgan fingerprint density at radius 1 is 1.20 bits per heavy atom. The van der Waals surface area contributed by atoms with Gasteiger partial charge in [-0.15, -0.1) is 0 Å². The predicted molar refractivity (Wildman–Crippen MR) is 43.1 cm³/mol. The summed E-state index contributed by atoms with van der Waals surface area (Å²) in [6, 6.07) is 0. The highest BCUT2D eigenvalue weighted by Gasteiger charge is 2.01. The van der Waals surface area contributed by atoms with E-state index in [1.165, 1.54) is 0 Å². The van der Waals surface area contributed by atoms with Crippen LogP contribution in [0.3, 0.4) is 0 Å². The summed E-state index contributed by atoms with van der Waals surface area (Å²) in [5.74, 6) is 0.331. The summed E-state index contributed by atoms with van der Waals surface area (Å²) >= 11 is 3.18. The molecule has 0 bridgehead atoms. The molecule has 3 heteroatoms. The summed E-state index contributed by atoms with van der Waals surface area (Å²) in [5.41, 5.74) is 0. The van der Waals surface area contributed by atoms with Crippen LogP contribution in [0.25, 0.3) is 0 Å². The molecule has 1 aliphatic carbocycles. The van der Waals surface area contributed by atoms with Gasteiger partial charge < -0.3 is 10.2 Å². The van der Waals surface area contributed by atoms with Gasteiger partial charge in [0.15, 0.2) is 0 Å². The van der Waals surface area contributed by atoms with Crippen LogP contribution < -0.4 is 0 Å². The van der Waals surface area contributed by atoms with E-state index in [2.05, 4.69) is 15.9 Å². The largest absolute Gasteiger partial charge is 0.512 e. The van der Waals surface area contributed by atoms with Crippen LogP contribution in [-0.2, 0) is 0 Å². The molecule has 0 fully saturated rings. The molecule has 0 spiro atoms. The first-order chi connectivity index (χ1) is 4.68. The first-order valence-corrected chi connectivity index (χ1v) is 3.62. The smallest absolute Gasteiger partial charge is 0.101 e. The number of halogens is 1. The maximum atomic E-state index is 9.02. The summed E-state index contributed by atoms with van der Waals surface area (Å²) in [7, 11) is 0. The van der Waals surface area contributed by atoms with Crippen LogP contribution >= 0.6 is 15.9 Å². The number of hydrogen-bond donors (Lipinski definition) is 2. The Balaban J connectivity index is 2.90. The van der Waals surface area contributed by atoms with E-state index >= 15 is 0 Å². The van der Waals surface area contributed by atoms with E-state index in [-0.39, 0.29) is 17.9 Å². The molecule has 1 aliphatic rings. The summed E-state index contributed by atoms with van der Waals surface area (Å²) in [6.45, 7) is 0. The second-order valence-corrected chi connectivity index (χ2v) is 2.94. The van der Waals surface area contributed by atoms with E-state index in [1.807, 2.05) is 0 Å². The summed E-state index contributed by atoms with van der Waals surface area (Å²) in [4.78, 5) is 0. The number of rotatable bonds is 0. The summed E-state index contributed by atoms with van der Waals surface area (Å²) in [5, 5.41) is 18.0. The van der Waals surface area contributed by atoms with Crippen molar-refractivity contribution in [3.63, 3.8) is 0 Å². The van der Waals surface area contributed by atoms with Crippen LogP contribution in [0.4, 0.5) is 0 Å². The molecule has 0 radical (unpaired) electrons. The monoisotopic (exact) mass is 202 g/mol. The maximum Gasteiger partial charge on any atom is 0.101 e. The molecule has 0 saturated carbocycles. The van der Waals surface area contributed by atoms with Crippen molar-refractivity contribution >= 4 is 15.9 Å². The van der Waals surface area contributed by atoms with Gasteiger partial charge in [-0.2, -0.15) is 0 Å². The lowest BCUT2D eigenvalue weighted by Gasteiger charge is -1.94. The van der Waals surface area contributed by atoms with Gasteiger partial charge in [0.2, 0.25) is 0 Å². The van der Waals surface area contributed by atoms with Gasteiger partial charge in [0.05, 0.1) is 12.2 Å². The number of aliphatic hydroxyl groups excluding tert-OH is 2. The Labute approximate surface area is 67.3 Å². The van der Waals surface area contributed by atoms with E-state index < -0.39 is 0 Å². The van der Waals surface area contributed by atoms with Gasteiger partial charge in [-0.05, 0) is 18.2 Å². The molecule has 2 nitrogen and oxygen atoms in total. The van der Waals surface area contributed by atoms with Crippen molar-refractivity contribution in [1.29, 1.82) is 0 Å². The van der Waals surface area contributed by atoms with Crippen molar-refractivity contribution < 1.29 is 10.2 Å². The third-order valence-corrected chi connectivity index (χ3v) is 1.59. The second-order valence-electron chi connectivity index (χ2n) is 2.02. The lowest BCUT2D eigenvalue weighted by molar-refractivity contribution is 0.343. The molecule has 0 atom stereocenters. The molecule has 1 rings (SSSR count). The Morgan fingerprint density at radius 3 is 2.60 bits per heavy atom. The predicted octanol–water partition coefficient (Wildman–Crippen LogP) is 2.55. The van der Waals surface area contributed by atoms with Crippen LogP contribution in [0.1, 0.15) is 6.42 Å². The standard InChI is InChI=1S/C7H7BrO2/c8-5-1-2-6(9)4-7(10)3-5/h1-3,9-10H,4H2. The number of hydrogen-bond acceptors (Lipinski definition) is 2. The van der Waals surface area contributed by atoms with Crippen molar-refractivity contribution in [2.24, 2.45) is 0 Å². The van der Waals surface area contributed by atoms with Gasteiger partial charge in [0, 0.05) is 4.48 Å². The lowest BCUT2D eigenvalue weighted by Crippen LogP contribution is -1.83. The van der Waals surface area contributed by atoms with Crippen LogP contribution in [-0.4, -0.2) is 10.2 Å². The second kappa shape index (κ2) is 2.92. The highest BCUT2D eigenvalue weighted by atomic mass is 79.9. The minimum absolute atomic E-state index is 0.161. The Morgan fingerprint density at radius 2 is 1.90 bits per heavy atom. The van der Waals surface area contributed by atoms with E-state index in [0.717, 1.165) is 4.48 Å². The van der Waals surface area contributed by atoms with E-state index in [1.54, 1.807) is 18.2 Å². The molecule has 2 N–H and O–H groups in total. The minimum Gasteiger partial charge on any atom is -0.512 e. The first kappa shape index (κ1) is 7.41. The van der Waals surface area contributed by atoms with Crippen LogP contribution in [0.15, 0.2) is 34.2 Å². The third-order valence-electron chi connectivity index (χ3n) is 1.10. The quantitative estimate of drug-likeness (QED) is 0.635. The molecule has 54 valence electrons. The van der Waals surface area contributed by atoms with Gasteiger partial charge in [0.1, 0.15) is 5.76 Å². The Kier molecular flexibility index (Phi) is 2.17. The van der Waals surface area contributed by atoms with Crippen molar-refractivity contribution in [2.45, 2.75) is 6.42 Å². The molecule has 10 heavy (non-hydrogen) atoms. The molecule has 0 aromatic heterocycles. The van der Waals surface area contributed by atoms with E-state index in [4.69, 9.17) is 10.2 Å². The molecule has 0 unspecified atom stereocenters. The molecule has 0 heterocycles. The zero-order valence-corrected chi connectivity index (χ0v) is 6.80. The molecule has 0 saturated heterocycles. The topological polar surface area (TPSA) is 40.5 Å². The zero-order chi connectivity index (χ0) is 7.56. The maximum absolute atomic E-state index is 9.02. The van der Waals surface area contributed by atoms with Crippen molar-refractivity contribution in [1.82, 2.24) is 0 Å². The molecule has 0 aromatic carbocycles. The molecule has 0 aromatic rings. The lowest BCUT2D eigenvalue weighted by atomic mass is 10.3. The van der Waals surface area contributed by atoms with E-state index in [9.17, 15) is 0 Å². The number of aliphatic hydroxyl groups is 2. The average Bonchev–Trinajstić information content (AvgIpc) is 1.93. The first-order valence-electron chi connectivity index (χ1n) is 2.83.